The lowest BCUT2D eigenvalue weighted by atomic mass is 10.1. The van der Waals surface area contributed by atoms with E-state index in [9.17, 15) is 0 Å². The van der Waals surface area contributed by atoms with Crippen LogP contribution in [-0.2, 0) is 6.54 Å². The van der Waals surface area contributed by atoms with Crippen LogP contribution >= 0.6 is 15.9 Å². The van der Waals surface area contributed by atoms with Gasteiger partial charge in [-0.05, 0) is 31.2 Å². The van der Waals surface area contributed by atoms with E-state index >= 15 is 0 Å². The summed E-state index contributed by atoms with van der Waals surface area (Å²) in [6.45, 7) is 2.66. The topological polar surface area (TPSA) is 40.2 Å². The van der Waals surface area contributed by atoms with Crippen LogP contribution in [0.2, 0.25) is 0 Å². The first-order valence-corrected chi connectivity index (χ1v) is 6.35. The normalized spacial score (nSPS) is 10.1. The largest absolute Gasteiger partial charge is 0.469 e. The van der Waals surface area contributed by atoms with Crippen LogP contribution in [0.4, 0.5) is 5.69 Å². The SMILES string of the molecule is Cc1occc1CN(C)c1cc(Br)ccc1C#N. The van der Waals surface area contributed by atoms with Crippen LogP contribution < -0.4 is 4.90 Å². The highest BCUT2D eigenvalue weighted by atomic mass is 79.9. The number of furan rings is 1. The maximum absolute atomic E-state index is 9.13. The van der Waals surface area contributed by atoms with Crippen molar-refractivity contribution in [1.29, 1.82) is 5.26 Å². The molecule has 1 aromatic carbocycles. The first kappa shape index (κ1) is 12.7. The Morgan fingerprint density at radius 3 is 2.78 bits per heavy atom. The summed E-state index contributed by atoms with van der Waals surface area (Å²) >= 11 is 3.43. The highest BCUT2D eigenvalue weighted by molar-refractivity contribution is 9.10. The number of nitrogens with zero attached hydrogens (tertiary/aromatic N) is 2. The number of benzene rings is 1. The van der Waals surface area contributed by atoms with Gasteiger partial charge in [-0.15, -0.1) is 0 Å². The monoisotopic (exact) mass is 304 g/mol. The van der Waals surface area contributed by atoms with Crippen LogP contribution in [0.5, 0.6) is 0 Å². The Labute approximate surface area is 115 Å². The molecule has 0 aliphatic rings. The first-order chi connectivity index (χ1) is 8.61. The van der Waals surface area contributed by atoms with E-state index in [1.807, 2.05) is 43.1 Å². The predicted molar refractivity (Wildman–Crippen MR) is 74.4 cm³/mol. The van der Waals surface area contributed by atoms with Crippen molar-refractivity contribution in [2.75, 3.05) is 11.9 Å². The van der Waals surface area contributed by atoms with Gasteiger partial charge in [0, 0.05) is 23.6 Å². The van der Waals surface area contributed by atoms with Crippen LogP contribution in [0.15, 0.2) is 39.4 Å². The summed E-state index contributed by atoms with van der Waals surface area (Å²) in [5.74, 6) is 0.912. The summed E-state index contributed by atoms with van der Waals surface area (Å²) in [7, 11) is 1.97. The molecule has 0 spiro atoms. The summed E-state index contributed by atoms with van der Waals surface area (Å²) in [4.78, 5) is 2.04. The molecule has 0 amide bonds. The molecular weight excluding hydrogens is 292 g/mol. The van der Waals surface area contributed by atoms with Crippen molar-refractivity contribution in [3.63, 3.8) is 0 Å². The molecule has 92 valence electrons. The zero-order chi connectivity index (χ0) is 13.1. The van der Waals surface area contributed by atoms with Crippen LogP contribution in [0, 0.1) is 18.3 Å². The summed E-state index contributed by atoms with van der Waals surface area (Å²) in [6.07, 6.45) is 1.69. The quantitative estimate of drug-likeness (QED) is 0.864. The average Bonchev–Trinajstić information content (AvgIpc) is 2.75. The molecule has 4 heteroatoms. The zero-order valence-electron chi connectivity index (χ0n) is 10.3. The van der Waals surface area contributed by atoms with Crippen LogP contribution in [0.1, 0.15) is 16.9 Å². The second-order valence-electron chi connectivity index (χ2n) is 4.13. The van der Waals surface area contributed by atoms with Gasteiger partial charge in [-0.25, -0.2) is 0 Å². The number of halogens is 1. The zero-order valence-corrected chi connectivity index (χ0v) is 11.9. The van der Waals surface area contributed by atoms with E-state index in [0.717, 1.165) is 21.5 Å². The molecule has 3 nitrogen and oxygen atoms in total. The van der Waals surface area contributed by atoms with E-state index in [0.29, 0.717) is 12.1 Å². The van der Waals surface area contributed by atoms with Crippen LogP contribution in [0.25, 0.3) is 0 Å². The minimum Gasteiger partial charge on any atom is -0.469 e. The Morgan fingerprint density at radius 2 is 2.17 bits per heavy atom. The van der Waals surface area contributed by atoms with Gasteiger partial charge in [0.1, 0.15) is 11.8 Å². The number of hydrogen-bond acceptors (Lipinski definition) is 3. The number of nitriles is 1. The third-order valence-electron chi connectivity index (χ3n) is 2.87. The number of rotatable bonds is 3. The van der Waals surface area contributed by atoms with Gasteiger partial charge in [-0.2, -0.15) is 5.26 Å². The highest BCUT2D eigenvalue weighted by Gasteiger charge is 2.10. The smallest absolute Gasteiger partial charge is 0.105 e. The van der Waals surface area contributed by atoms with Gasteiger partial charge in [0.05, 0.1) is 17.5 Å². The summed E-state index contributed by atoms with van der Waals surface area (Å²) in [6, 6.07) is 9.81. The van der Waals surface area contributed by atoms with Gasteiger partial charge in [-0.3, -0.25) is 0 Å². The molecule has 0 radical (unpaired) electrons. The number of aryl methyl sites for hydroxylation is 1. The molecule has 0 saturated heterocycles. The van der Waals surface area contributed by atoms with Crippen molar-refractivity contribution < 1.29 is 4.42 Å². The minimum atomic E-state index is 0.668. The van der Waals surface area contributed by atoms with Crippen molar-refractivity contribution >= 4 is 21.6 Å². The lowest BCUT2D eigenvalue weighted by molar-refractivity contribution is 0.529. The standard InChI is InChI=1S/C14H13BrN2O/c1-10-12(5-6-18-10)9-17(2)14-7-13(15)4-3-11(14)8-16/h3-7H,9H2,1-2H3. The summed E-state index contributed by atoms with van der Waals surface area (Å²) in [5, 5.41) is 9.13. The molecule has 0 N–H and O–H groups in total. The maximum Gasteiger partial charge on any atom is 0.105 e. The molecule has 2 rings (SSSR count). The van der Waals surface area contributed by atoms with Gasteiger partial charge in [0.2, 0.25) is 0 Å². The van der Waals surface area contributed by atoms with E-state index < -0.39 is 0 Å². The Kier molecular flexibility index (Phi) is 3.73. The number of anilines is 1. The first-order valence-electron chi connectivity index (χ1n) is 5.55. The Balaban J connectivity index is 2.29. The molecule has 0 saturated carbocycles. The van der Waals surface area contributed by atoms with E-state index in [4.69, 9.17) is 9.68 Å². The van der Waals surface area contributed by atoms with Gasteiger partial charge in [0.15, 0.2) is 0 Å². The molecule has 0 bridgehead atoms. The Morgan fingerprint density at radius 1 is 1.39 bits per heavy atom. The summed E-state index contributed by atoms with van der Waals surface area (Å²) < 4.78 is 6.25. The third-order valence-corrected chi connectivity index (χ3v) is 3.36. The molecule has 1 heterocycles. The molecule has 1 aromatic heterocycles. The van der Waals surface area contributed by atoms with E-state index in [1.165, 1.54) is 0 Å². The predicted octanol–water partition coefficient (Wildman–Crippen LogP) is 3.86. The molecule has 0 fully saturated rings. The molecule has 0 aliphatic carbocycles. The summed E-state index contributed by atoms with van der Waals surface area (Å²) in [5.41, 5.74) is 2.70. The molecule has 2 aromatic rings. The van der Waals surface area contributed by atoms with Gasteiger partial charge < -0.3 is 9.32 Å². The fraction of sp³-hybridized carbons (Fsp3) is 0.214. The molecule has 0 unspecified atom stereocenters. The van der Waals surface area contributed by atoms with E-state index in [2.05, 4.69) is 22.0 Å². The van der Waals surface area contributed by atoms with E-state index in [1.54, 1.807) is 6.26 Å². The molecule has 18 heavy (non-hydrogen) atoms. The molecular formula is C14H13BrN2O. The van der Waals surface area contributed by atoms with Crippen LogP contribution in [-0.4, -0.2) is 7.05 Å². The Hall–Kier alpha value is -1.73. The van der Waals surface area contributed by atoms with E-state index in [-0.39, 0.29) is 0 Å². The van der Waals surface area contributed by atoms with Crippen molar-refractivity contribution in [2.45, 2.75) is 13.5 Å². The van der Waals surface area contributed by atoms with Gasteiger partial charge >= 0.3 is 0 Å². The van der Waals surface area contributed by atoms with Crippen molar-refractivity contribution in [1.82, 2.24) is 0 Å². The van der Waals surface area contributed by atoms with Crippen molar-refractivity contribution in [3.05, 3.63) is 51.9 Å². The van der Waals surface area contributed by atoms with Crippen molar-refractivity contribution in [3.8, 4) is 6.07 Å². The Bertz CT molecular complexity index is 598. The minimum absolute atomic E-state index is 0.668. The van der Waals surface area contributed by atoms with Crippen molar-refractivity contribution in [2.24, 2.45) is 0 Å². The van der Waals surface area contributed by atoms with Crippen LogP contribution in [0.3, 0.4) is 0 Å². The van der Waals surface area contributed by atoms with Gasteiger partial charge in [-0.1, -0.05) is 15.9 Å². The lowest BCUT2D eigenvalue weighted by Gasteiger charge is -2.20. The van der Waals surface area contributed by atoms with Gasteiger partial charge in [0.25, 0.3) is 0 Å². The number of hydrogen-bond donors (Lipinski definition) is 0. The second-order valence-corrected chi connectivity index (χ2v) is 5.05. The average molecular weight is 305 g/mol. The third kappa shape index (κ3) is 2.57. The second kappa shape index (κ2) is 5.28. The fourth-order valence-corrected chi connectivity index (χ4v) is 2.18. The lowest BCUT2D eigenvalue weighted by Crippen LogP contribution is -2.17. The molecule has 0 aliphatic heterocycles. The highest BCUT2D eigenvalue weighted by Crippen LogP contribution is 2.25. The molecule has 0 atom stereocenters. The fourth-order valence-electron chi connectivity index (χ4n) is 1.83. The maximum atomic E-state index is 9.13.